The second-order valence-corrected chi connectivity index (χ2v) is 5.18. The lowest BCUT2D eigenvalue weighted by Crippen LogP contribution is -2.12. The zero-order valence-electron chi connectivity index (χ0n) is 11.9. The molecule has 2 rings (SSSR count). The molecule has 1 aliphatic carbocycles. The van der Waals surface area contributed by atoms with Gasteiger partial charge >= 0.3 is 5.97 Å². The lowest BCUT2D eigenvalue weighted by Gasteiger charge is -2.11. The highest BCUT2D eigenvalue weighted by atomic mass is 19.1. The molecule has 0 amide bonds. The predicted molar refractivity (Wildman–Crippen MR) is 77.2 cm³/mol. The molecule has 1 aliphatic rings. The van der Waals surface area contributed by atoms with Gasteiger partial charge < -0.3 is 15.8 Å². The Morgan fingerprint density at radius 2 is 2.25 bits per heavy atom. The van der Waals surface area contributed by atoms with E-state index in [4.69, 9.17) is 10.5 Å². The molecular formula is C15H21FN2O2. The van der Waals surface area contributed by atoms with Gasteiger partial charge in [-0.05, 0) is 37.8 Å². The summed E-state index contributed by atoms with van der Waals surface area (Å²) in [5, 5.41) is 3.15. The SMILES string of the molecule is CCCC1CC1Nc1cc(C(=O)OCC)c(N)cc1F. The number of carbonyl (C=O) groups is 1. The Morgan fingerprint density at radius 1 is 1.50 bits per heavy atom. The Labute approximate surface area is 118 Å². The third-order valence-corrected chi connectivity index (χ3v) is 3.56. The fourth-order valence-electron chi connectivity index (χ4n) is 2.40. The number of nitrogen functional groups attached to an aromatic ring is 1. The molecule has 2 atom stereocenters. The van der Waals surface area contributed by atoms with Crippen LogP contribution >= 0.6 is 0 Å². The molecule has 1 fully saturated rings. The topological polar surface area (TPSA) is 64.3 Å². The first-order valence-corrected chi connectivity index (χ1v) is 7.09. The molecule has 0 aliphatic heterocycles. The molecule has 1 saturated carbocycles. The van der Waals surface area contributed by atoms with Crippen molar-refractivity contribution < 1.29 is 13.9 Å². The van der Waals surface area contributed by atoms with Gasteiger partial charge in [0.25, 0.3) is 0 Å². The minimum atomic E-state index is -0.519. The Morgan fingerprint density at radius 3 is 2.90 bits per heavy atom. The zero-order valence-corrected chi connectivity index (χ0v) is 11.9. The summed E-state index contributed by atoms with van der Waals surface area (Å²) in [5.74, 6) is -0.352. The number of ether oxygens (including phenoxy) is 1. The van der Waals surface area contributed by atoms with Crippen molar-refractivity contribution in [2.75, 3.05) is 17.7 Å². The number of hydrogen-bond acceptors (Lipinski definition) is 4. The third kappa shape index (κ3) is 3.21. The van der Waals surface area contributed by atoms with E-state index in [2.05, 4.69) is 12.2 Å². The lowest BCUT2D eigenvalue weighted by atomic mass is 10.1. The maximum atomic E-state index is 13.9. The summed E-state index contributed by atoms with van der Waals surface area (Å²) in [6.45, 7) is 4.12. The molecule has 1 aromatic carbocycles. The van der Waals surface area contributed by atoms with Gasteiger partial charge in [0.15, 0.2) is 0 Å². The number of carbonyl (C=O) groups excluding carboxylic acids is 1. The summed E-state index contributed by atoms with van der Waals surface area (Å²) in [6, 6.07) is 2.92. The molecule has 0 aromatic heterocycles. The van der Waals surface area contributed by atoms with Crippen molar-refractivity contribution in [2.45, 2.75) is 39.2 Å². The van der Waals surface area contributed by atoms with Crippen molar-refractivity contribution in [1.82, 2.24) is 0 Å². The summed E-state index contributed by atoms with van der Waals surface area (Å²) in [4.78, 5) is 11.7. The second-order valence-electron chi connectivity index (χ2n) is 5.18. The normalized spacial score (nSPS) is 20.6. The third-order valence-electron chi connectivity index (χ3n) is 3.56. The van der Waals surface area contributed by atoms with E-state index in [-0.39, 0.29) is 17.9 Å². The highest BCUT2D eigenvalue weighted by Gasteiger charge is 2.36. The fraction of sp³-hybridized carbons (Fsp3) is 0.533. The van der Waals surface area contributed by atoms with Crippen molar-refractivity contribution >= 4 is 17.3 Å². The predicted octanol–water partition coefficient (Wildman–Crippen LogP) is 3.19. The zero-order chi connectivity index (χ0) is 14.7. The molecule has 0 spiro atoms. The number of halogens is 1. The maximum Gasteiger partial charge on any atom is 0.340 e. The summed E-state index contributed by atoms with van der Waals surface area (Å²) in [7, 11) is 0. The largest absolute Gasteiger partial charge is 0.462 e. The van der Waals surface area contributed by atoms with Crippen molar-refractivity contribution in [1.29, 1.82) is 0 Å². The van der Waals surface area contributed by atoms with Gasteiger partial charge in [-0.15, -0.1) is 0 Å². The summed E-state index contributed by atoms with van der Waals surface area (Å²) in [5.41, 5.74) is 6.31. The van der Waals surface area contributed by atoms with Crippen LogP contribution in [0.1, 0.15) is 43.5 Å². The quantitative estimate of drug-likeness (QED) is 0.620. The van der Waals surface area contributed by atoms with Crippen LogP contribution in [-0.2, 0) is 4.74 Å². The van der Waals surface area contributed by atoms with E-state index in [1.54, 1.807) is 6.92 Å². The Bertz CT molecular complexity index is 505. The van der Waals surface area contributed by atoms with Crippen LogP contribution in [0.5, 0.6) is 0 Å². The van der Waals surface area contributed by atoms with Crippen LogP contribution < -0.4 is 11.1 Å². The smallest absolute Gasteiger partial charge is 0.340 e. The molecule has 4 nitrogen and oxygen atoms in total. The van der Waals surface area contributed by atoms with Crippen LogP contribution in [0.4, 0.5) is 15.8 Å². The monoisotopic (exact) mass is 280 g/mol. The Balaban J connectivity index is 2.13. The van der Waals surface area contributed by atoms with Gasteiger partial charge in [-0.1, -0.05) is 13.3 Å². The van der Waals surface area contributed by atoms with Gasteiger partial charge in [0.2, 0.25) is 0 Å². The molecule has 1 aromatic rings. The molecular weight excluding hydrogens is 259 g/mol. The van der Waals surface area contributed by atoms with Crippen LogP contribution in [0.25, 0.3) is 0 Å². The van der Waals surface area contributed by atoms with E-state index in [1.165, 1.54) is 12.1 Å². The number of benzene rings is 1. The number of esters is 1. The first-order valence-electron chi connectivity index (χ1n) is 7.09. The molecule has 0 saturated heterocycles. The van der Waals surface area contributed by atoms with Gasteiger partial charge in [0.1, 0.15) is 5.82 Å². The van der Waals surface area contributed by atoms with Crippen molar-refractivity contribution in [3.05, 3.63) is 23.5 Å². The van der Waals surface area contributed by atoms with Crippen LogP contribution in [0.2, 0.25) is 0 Å². The Hall–Kier alpha value is -1.78. The summed E-state index contributed by atoms with van der Waals surface area (Å²) in [6.07, 6.45) is 3.31. The highest BCUT2D eigenvalue weighted by Crippen LogP contribution is 2.38. The van der Waals surface area contributed by atoms with Gasteiger partial charge in [-0.25, -0.2) is 9.18 Å². The van der Waals surface area contributed by atoms with Crippen LogP contribution in [0.3, 0.4) is 0 Å². The average Bonchev–Trinajstić information content (AvgIpc) is 3.11. The highest BCUT2D eigenvalue weighted by molar-refractivity contribution is 5.96. The van der Waals surface area contributed by atoms with Gasteiger partial charge in [0, 0.05) is 11.7 Å². The van der Waals surface area contributed by atoms with Crippen LogP contribution in [0, 0.1) is 11.7 Å². The van der Waals surface area contributed by atoms with Gasteiger partial charge in [-0.2, -0.15) is 0 Å². The standard InChI is InChI=1S/C15H21FN2O2/c1-3-5-9-6-13(9)18-14-7-10(15(19)20-4-2)12(17)8-11(14)16/h7-9,13,18H,3-6,17H2,1-2H3. The summed E-state index contributed by atoms with van der Waals surface area (Å²) < 4.78 is 18.8. The lowest BCUT2D eigenvalue weighted by molar-refractivity contribution is 0.0527. The molecule has 0 bridgehead atoms. The molecule has 5 heteroatoms. The molecule has 3 N–H and O–H groups in total. The first kappa shape index (κ1) is 14.6. The van der Waals surface area contributed by atoms with E-state index < -0.39 is 11.8 Å². The number of nitrogens with one attached hydrogen (secondary N) is 1. The van der Waals surface area contributed by atoms with E-state index in [0.29, 0.717) is 17.6 Å². The maximum absolute atomic E-state index is 13.9. The van der Waals surface area contributed by atoms with Crippen LogP contribution in [-0.4, -0.2) is 18.6 Å². The Kier molecular flexibility index (Phi) is 4.47. The van der Waals surface area contributed by atoms with Crippen molar-refractivity contribution in [3.63, 3.8) is 0 Å². The summed E-state index contributed by atoms with van der Waals surface area (Å²) >= 11 is 0. The molecule has 2 unspecified atom stereocenters. The van der Waals surface area contributed by atoms with Crippen molar-refractivity contribution in [2.24, 2.45) is 5.92 Å². The fourth-order valence-corrected chi connectivity index (χ4v) is 2.40. The molecule has 0 radical (unpaired) electrons. The van der Waals surface area contributed by atoms with Gasteiger partial charge in [0.05, 0.1) is 17.9 Å². The molecule has 110 valence electrons. The molecule has 0 heterocycles. The van der Waals surface area contributed by atoms with E-state index in [9.17, 15) is 9.18 Å². The first-order chi connectivity index (χ1) is 9.56. The number of anilines is 2. The molecule has 20 heavy (non-hydrogen) atoms. The van der Waals surface area contributed by atoms with E-state index in [1.807, 2.05) is 0 Å². The second kappa shape index (κ2) is 6.11. The number of rotatable bonds is 6. The minimum absolute atomic E-state index is 0.104. The average molecular weight is 280 g/mol. The van der Waals surface area contributed by atoms with Crippen LogP contribution in [0.15, 0.2) is 12.1 Å². The number of hydrogen-bond donors (Lipinski definition) is 2. The van der Waals surface area contributed by atoms with E-state index >= 15 is 0 Å². The number of nitrogens with two attached hydrogens (primary N) is 1. The van der Waals surface area contributed by atoms with Crippen molar-refractivity contribution in [3.8, 4) is 0 Å². The minimum Gasteiger partial charge on any atom is -0.462 e. The van der Waals surface area contributed by atoms with E-state index in [0.717, 1.165) is 19.3 Å². The van der Waals surface area contributed by atoms with Gasteiger partial charge in [-0.3, -0.25) is 0 Å².